The van der Waals surface area contributed by atoms with Crippen LogP contribution in [0.5, 0.6) is 0 Å². The molecule has 0 aliphatic rings. The van der Waals surface area contributed by atoms with Gasteiger partial charge in [-0.05, 0) is 24.0 Å². The smallest absolute Gasteiger partial charge is 0.325 e. The minimum Gasteiger partial charge on any atom is -0.480 e. The van der Waals surface area contributed by atoms with Crippen molar-refractivity contribution in [2.75, 3.05) is 0 Å². The number of carbonyl (C=O) groups is 2. The Hall–Kier alpha value is -2.10. The zero-order valence-electron chi connectivity index (χ0n) is 12.1. The van der Waals surface area contributed by atoms with E-state index in [1.807, 2.05) is 18.2 Å². The Labute approximate surface area is 119 Å². The Morgan fingerprint density at radius 2 is 1.80 bits per heavy atom. The van der Waals surface area contributed by atoms with Crippen molar-refractivity contribution >= 4 is 18.0 Å². The van der Waals surface area contributed by atoms with Crippen LogP contribution in [0.15, 0.2) is 30.3 Å². The fraction of sp³-hybridized carbons (Fsp3) is 0.375. The first-order chi connectivity index (χ1) is 9.40. The standard InChI is InChI=1S/C16H21NO3/c1-11(2)14-9-7-13(8-10-14)5-4-6-15(18)17-12(3)16(19)20/h4-5,7-12H,6H2,1-3H3,(H,17,18)(H,19,20)/b5-4+/t12-/m0/s1. The summed E-state index contributed by atoms with van der Waals surface area (Å²) in [5.74, 6) is -0.835. The Balaban J connectivity index is 2.48. The summed E-state index contributed by atoms with van der Waals surface area (Å²) in [6, 6.07) is 7.28. The fourth-order valence-corrected chi connectivity index (χ4v) is 1.66. The summed E-state index contributed by atoms with van der Waals surface area (Å²) in [6.45, 7) is 5.71. The molecule has 0 saturated heterocycles. The van der Waals surface area contributed by atoms with Gasteiger partial charge < -0.3 is 10.4 Å². The van der Waals surface area contributed by atoms with Gasteiger partial charge in [-0.3, -0.25) is 9.59 Å². The Morgan fingerprint density at radius 3 is 2.30 bits per heavy atom. The Morgan fingerprint density at radius 1 is 1.20 bits per heavy atom. The lowest BCUT2D eigenvalue weighted by Gasteiger charge is -2.07. The third-order valence-corrected chi connectivity index (χ3v) is 2.96. The largest absolute Gasteiger partial charge is 0.480 e. The van der Waals surface area contributed by atoms with Gasteiger partial charge in [0.05, 0.1) is 0 Å². The van der Waals surface area contributed by atoms with Gasteiger partial charge in [0.2, 0.25) is 5.91 Å². The van der Waals surface area contributed by atoms with E-state index in [1.54, 1.807) is 6.08 Å². The van der Waals surface area contributed by atoms with Crippen LogP contribution in [0.3, 0.4) is 0 Å². The van der Waals surface area contributed by atoms with Gasteiger partial charge in [0.15, 0.2) is 0 Å². The number of carboxylic acid groups (broad SMARTS) is 1. The maximum absolute atomic E-state index is 11.5. The molecular weight excluding hydrogens is 254 g/mol. The Bertz CT molecular complexity index is 489. The molecule has 0 fully saturated rings. The van der Waals surface area contributed by atoms with Crippen LogP contribution in [0.1, 0.15) is 44.2 Å². The van der Waals surface area contributed by atoms with E-state index in [1.165, 1.54) is 12.5 Å². The average molecular weight is 275 g/mol. The van der Waals surface area contributed by atoms with Gasteiger partial charge in [-0.1, -0.05) is 50.3 Å². The molecule has 0 aliphatic carbocycles. The summed E-state index contributed by atoms with van der Waals surface area (Å²) in [5, 5.41) is 11.1. The van der Waals surface area contributed by atoms with Crippen LogP contribution in [-0.4, -0.2) is 23.0 Å². The number of carbonyl (C=O) groups excluding carboxylic acids is 1. The number of rotatable bonds is 6. The third kappa shape index (κ3) is 5.26. The van der Waals surface area contributed by atoms with Crippen molar-refractivity contribution < 1.29 is 14.7 Å². The van der Waals surface area contributed by atoms with Gasteiger partial charge in [-0.15, -0.1) is 0 Å². The number of carboxylic acids is 1. The lowest BCUT2D eigenvalue weighted by molar-refractivity contribution is -0.141. The van der Waals surface area contributed by atoms with Crippen molar-refractivity contribution in [3.05, 3.63) is 41.5 Å². The van der Waals surface area contributed by atoms with Gasteiger partial charge in [0.25, 0.3) is 0 Å². The summed E-state index contributed by atoms with van der Waals surface area (Å²) in [7, 11) is 0. The number of nitrogens with one attached hydrogen (secondary N) is 1. The van der Waals surface area contributed by atoms with Crippen LogP contribution in [0.25, 0.3) is 6.08 Å². The maximum Gasteiger partial charge on any atom is 0.325 e. The predicted molar refractivity (Wildman–Crippen MR) is 79.4 cm³/mol. The van der Waals surface area contributed by atoms with Crippen molar-refractivity contribution in [1.29, 1.82) is 0 Å². The van der Waals surface area contributed by atoms with Crippen LogP contribution >= 0.6 is 0 Å². The highest BCUT2D eigenvalue weighted by atomic mass is 16.4. The van der Waals surface area contributed by atoms with Crippen LogP contribution in [0.4, 0.5) is 0 Å². The van der Waals surface area contributed by atoms with Gasteiger partial charge >= 0.3 is 5.97 Å². The molecule has 0 bridgehead atoms. The summed E-state index contributed by atoms with van der Waals surface area (Å²) in [5.41, 5.74) is 2.30. The van der Waals surface area contributed by atoms with Crippen molar-refractivity contribution in [3.63, 3.8) is 0 Å². The molecule has 0 radical (unpaired) electrons. The van der Waals surface area contributed by atoms with Crippen LogP contribution in [0.2, 0.25) is 0 Å². The highest BCUT2D eigenvalue weighted by molar-refractivity contribution is 5.84. The zero-order chi connectivity index (χ0) is 15.1. The molecule has 0 saturated carbocycles. The lowest BCUT2D eigenvalue weighted by atomic mass is 10.0. The normalized spacial score (nSPS) is 12.6. The van der Waals surface area contributed by atoms with Crippen molar-refractivity contribution in [2.45, 2.75) is 39.2 Å². The predicted octanol–water partition coefficient (Wildman–Crippen LogP) is 2.80. The monoisotopic (exact) mass is 275 g/mol. The van der Waals surface area contributed by atoms with Gasteiger partial charge in [0, 0.05) is 6.42 Å². The minimum atomic E-state index is -1.04. The first kappa shape index (κ1) is 16.0. The van der Waals surface area contributed by atoms with Gasteiger partial charge in [-0.25, -0.2) is 0 Å². The first-order valence-electron chi connectivity index (χ1n) is 6.69. The molecule has 1 rings (SSSR count). The quantitative estimate of drug-likeness (QED) is 0.839. The molecule has 0 aliphatic heterocycles. The fourth-order valence-electron chi connectivity index (χ4n) is 1.66. The molecule has 20 heavy (non-hydrogen) atoms. The molecule has 4 nitrogen and oxygen atoms in total. The average Bonchev–Trinajstić information content (AvgIpc) is 2.39. The van der Waals surface area contributed by atoms with E-state index in [4.69, 9.17) is 5.11 Å². The van der Waals surface area contributed by atoms with Crippen LogP contribution in [-0.2, 0) is 9.59 Å². The number of amides is 1. The Kier molecular flexibility index (Phi) is 5.97. The SMILES string of the molecule is CC(C)c1ccc(/C=C/CC(=O)N[C@@H](C)C(=O)O)cc1. The molecule has 1 aromatic carbocycles. The summed E-state index contributed by atoms with van der Waals surface area (Å²) < 4.78 is 0. The molecule has 108 valence electrons. The molecule has 1 atom stereocenters. The maximum atomic E-state index is 11.5. The zero-order valence-corrected chi connectivity index (χ0v) is 12.1. The molecule has 0 spiro atoms. The first-order valence-corrected chi connectivity index (χ1v) is 6.69. The van der Waals surface area contributed by atoms with Gasteiger partial charge in [0.1, 0.15) is 6.04 Å². The molecule has 0 heterocycles. The van der Waals surface area contributed by atoms with E-state index in [0.717, 1.165) is 5.56 Å². The minimum absolute atomic E-state index is 0.170. The number of hydrogen-bond donors (Lipinski definition) is 2. The van der Waals surface area contributed by atoms with Crippen LogP contribution in [0, 0.1) is 0 Å². The van der Waals surface area contributed by atoms with Crippen molar-refractivity contribution in [1.82, 2.24) is 5.32 Å². The van der Waals surface area contributed by atoms with E-state index < -0.39 is 12.0 Å². The highest BCUT2D eigenvalue weighted by Gasteiger charge is 2.12. The molecular formula is C16H21NO3. The number of hydrogen-bond acceptors (Lipinski definition) is 2. The summed E-state index contributed by atoms with van der Waals surface area (Å²) >= 11 is 0. The van der Waals surface area contributed by atoms with E-state index in [-0.39, 0.29) is 12.3 Å². The highest BCUT2D eigenvalue weighted by Crippen LogP contribution is 2.15. The van der Waals surface area contributed by atoms with Gasteiger partial charge in [-0.2, -0.15) is 0 Å². The molecule has 0 unspecified atom stereocenters. The number of aliphatic carboxylic acids is 1. The lowest BCUT2D eigenvalue weighted by Crippen LogP contribution is -2.37. The second-order valence-corrected chi connectivity index (χ2v) is 5.06. The topological polar surface area (TPSA) is 66.4 Å². The van der Waals surface area contributed by atoms with E-state index in [0.29, 0.717) is 5.92 Å². The second-order valence-electron chi connectivity index (χ2n) is 5.06. The van der Waals surface area contributed by atoms with Crippen molar-refractivity contribution in [2.24, 2.45) is 0 Å². The van der Waals surface area contributed by atoms with E-state index in [9.17, 15) is 9.59 Å². The second kappa shape index (κ2) is 7.48. The molecule has 4 heteroatoms. The van der Waals surface area contributed by atoms with E-state index >= 15 is 0 Å². The summed E-state index contributed by atoms with van der Waals surface area (Å²) in [6.07, 6.45) is 3.76. The third-order valence-electron chi connectivity index (χ3n) is 2.96. The van der Waals surface area contributed by atoms with E-state index in [2.05, 4.69) is 31.3 Å². The molecule has 2 N–H and O–H groups in total. The molecule has 1 amide bonds. The summed E-state index contributed by atoms with van der Waals surface area (Å²) in [4.78, 5) is 22.1. The van der Waals surface area contributed by atoms with Crippen molar-refractivity contribution in [3.8, 4) is 0 Å². The number of benzene rings is 1. The molecule has 0 aromatic heterocycles. The molecule has 1 aromatic rings. The van der Waals surface area contributed by atoms with Crippen LogP contribution < -0.4 is 5.32 Å².